The molecule has 110 valence electrons. The van der Waals surface area contributed by atoms with Crippen molar-refractivity contribution < 1.29 is 9.26 Å². The van der Waals surface area contributed by atoms with Crippen LogP contribution in [0.2, 0.25) is 0 Å². The van der Waals surface area contributed by atoms with Gasteiger partial charge in [0.25, 0.3) is 0 Å². The van der Waals surface area contributed by atoms with Crippen LogP contribution in [-0.4, -0.2) is 12.3 Å². The Morgan fingerprint density at radius 3 is 2.30 bits per heavy atom. The summed E-state index contributed by atoms with van der Waals surface area (Å²) in [7, 11) is 1.54. The first kappa shape index (κ1) is 14.4. The van der Waals surface area contributed by atoms with Gasteiger partial charge in [-0.2, -0.15) is 10.5 Å². The fraction of sp³-hybridized carbons (Fsp3) is 0.0556. The first-order valence-electron chi connectivity index (χ1n) is 6.81. The van der Waals surface area contributed by atoms with Gasteiger partial charge in [0.15, 0.2) is 5.76 Å². The summed E-state index contributed by atoms with van der Waals surface area (Å²) >= 11 is 0. The van der Waals surface area contributed by atoms with E-state index in [0.29, 0.717) is 28.3 Å². The van der Waals surface area contributed by atoms with Crippen LogP contribution >= 0.6 is 0 Å². The molecule has 0 amide bonds. The molecule has 5 nitrogen and oxygen atoms in total. The van der Waals surface area contributed by atoms with Gasteiger partial charge in [-0.25, -0.2) is 0 Å². The third-order valence-electron chi connectivity index (χ3n) is 3.42. The molecule has 0 aliphatic carbocycles. The van der Waals surface area contributed by atoms with Gasteiger partial charge < -0.3 is 9.26 Å². The van der Waals surface area contributed by atoms with Crippen LogP contribution in [0.3, 0.4) is 0 Å². The van der Waals surface area contributed by atoms with E-state index in [1.807, 2.05) is 12.1 Å². The SMILES string of the molecule is COc1cc(C#N)ccc1-c1cc(-c2ccc(C#N)cc2)no1. The van der Waals surface area contributed by atoms with Crippen molar-refractivity contribution in [2.75, 3.05) is 7.11 Å². The van der Waals surface area contributed by atoms with Gasteiger partial charge in [0.1, 0.15) is 11.4 Å². The van der Waals surface area contributed by atoms with E-state index in [1.54, 1.807) is 36.4 Å². The van der Waals surface area contributed by atoms with Gasteiger partial charge in [-0.1, -0.05) is 17.3 Å². The molecule has 0 saturated heterocycles. The fourth-order valence-corrected chi connectivity index (χ4v) is 2.22. The molecule has 5 heteroatoms. The quantitative estimate of drug-likeness (QED) is 0.735. The van der Waals surface area contributed by atoms with Crippen LogP contribution in [0.5, 0.6) is 5.75 Å². The molecule has 0 aliphatic rings. The van der Waals surface area contributed by atoms with Gasteiger partial charge in [0, 0.05) is 11.6 Å². The van der Waals surface area contributed by atoms with Gasteiger partial charge >= 0.3 is 0 Å². The highest BCUT2D eigenvalue weighted by Gasteiger charge is 2.13. The van der Waals surface area contributed by atoms with Crippen LogP contribution in [0.1, 0.15) is 11.1 Å². The lowest BCUT2D eigenvalue weighted by Crippen LogP contribution is -1.88. The summed E-state index contributed by atoms with van der Waals surface area (Å²) in [6, 6.07) is 18.1. The Bertz CT molecular complexity index is 928. The maximum atomic E-state index is 8.95. The number of hydrogen-bond acceptors (Lipinski definition) is 5. The Balaban J connectivity index is 1.99. The summed E-state index contributed by atoms with van der Waals surface area (Å²) in [6.45, 7) is 0. The second-order valence-corrected chi connectivity index (χ2v) is 4.79. The maximum absolute atomic E-state index is 8.95. The smallest absolute Gasteiger partial charge is 0.171 e. The van der Waals surface area contributed by atoms with E-state index < -0.39 is 0 Å². The summed E-state index contributed by atoms with van der Waals surface area (Å²) in [4.78, 5) is 0. The zero-order valence-electron chi connectivity index (χ0n) is 12.3. The average molecular weight is 301 g/mol. The molecule has 3 rings (SSSR count). The van der Waals surface area contributed by atoms with Gasteiger partial charge in [0.05, 0.1) is 35.9 Å². The predicted octanol–water partition coefficient (Wildman–Crippen LogP) is 3.76. The summed E-state index contributed by atoms with van der Waals surface area (Å²) in [5.41, 5.74) is 3.34. The van der Waals surface area contributed by atoms with Crippen molar-refractivity contribution in [3.05, 3.63) is 59.7 Å². The monoisotopic (exact) mass is 301 g/mol. The number of benzene rings is 2. The largest absolute Gasteiger partial charge is 0.496 e. The molecule has 1 heterocycles. The molecule has 0 N–H and O–H groups in total. The Labute approximate surface area is 133 Å². The molecule has 0 unspecified atom stereocenters. The van der Waals surface area contributed by atoms with E-state index in [-0.39, 0.29) is 0 Å². The number of nitrogens with zero attached hydrogens (tertiary/aromatic N) is 3. The van der Waals surface area contributed by atoms with Gasteiger partial charge in [0.2, 0.25) is 0 Å². The first-order valence-corrected chi connectivity index (χ1v) is 6.81. The molecular formula is C18H11N3O2. The number of hydrogen-bond donors (Lipinski definition) is 0. The van der Waals surface area contributed by atoms with Crippen molar-refractivity contribution in [1.29, 1.82) is 10.5 Å². The standard InChI is InChI=1S/C18H11N3O2/c1-22-17-8-13(11-20)4-7-15(17)18-9-16(21-23-18)14-5-2-12(10-19)3-6-14/h2-9H,1H3. The molecule has 0 atom stereocenters. The van der Waals surface area contributed by atoms with Gasteiger partial charge in [-0.15, -0.1) is 0 Å². The van der Waals surface area contributed by atoms with E-state index in [4.69, 9.17) is 19.8 Å². The topological polar surface area (TPSA) is 82.8 Å². The van der Waals surface area contributed by atoms with Crippen molar-refractivity contribution in [3.63, 3.8) is 0 Å². The van der Waals surface area contributed by atoms with E-state index >= 15 is 0 Å². The summed E-state index contributed by atoms with van der Waals surface area (Å²) in [5, 5.41) is 21.8. The van der Waals surface area contributed by atoms with E-state index in [9.17, 15) is 0 Å². The molecule has 0 spiro atoms. The van der Waals surface area contributed by atoms with Crippen LogP contribution in [0.4, 0.5) is 0 Å². The second kappa shape index (κ2) is 6.05. The zero-order chi connectivity index (χ0) is 16.2. The number of rotatable bonds is 3. The number of aromatic nitrogens is 1. The van der Waals surface area contributed by atoms with Crippen LogP contribution in [0.25, 0.3) is 22.6 Å². The summed E-state index contributed by atoms with van der Waals surface area (Å²) in [6.07, 6.45) is 0. The fourth-order valence-electron chi connectivity index (χ4n) is 2.22. The Morgan fingerprint density at radius 2 is 1.65 bits per heavy atom. The highest BCUT2D eigenvalue weighted by Crippen LogP contribution is 2.33. The van der Waals surface area contributed by atoms with Gasteiger partial charge in [-0.3, -0.25) is 0 Å². The Kier molecular flexibility index (Phi) is 3.78. The molecule has 1 aromatic heterocycles. The Morgan fingerprint density at radius 1 is 0.957 bits per heavy atom. The molecule has 0 aliphatic heterocycles. The van der Waals surface area contributed by atoms with E-state index in [1.165, 1.54) is 7.11 Å². The number of nitriles is 2. The lowest BCUT2D eigenvalue weighted by Gasteiger charge is -2.05. The maximum Gasteiger partial charge on any atom is 0.171 e. The van der Waals surface area contributed by atoms with Gasteiger partial charge in [-0.05, 0) is 30.3 Å². The normalized spacial score (nSPS) is 9.87. The van der Waals surface area contributed by atoms with Crippen LogP contribution < -0.4 is 4.74 Å². The Hall–Kier alpha value is -3.57. The van der Waals surface area contributed by atoms with Crippen molar-refractivity contribution in [1.82, 2.24) is 5.16 Å². The van der Waals surface area contributed by atoms with Crippen LogP contribution in [-0.2, 0) is 0 Å². The average Bonchev–Trinajstić information content (AvgIpc) is 3.11. The van der Waals surface area contributed by atoms with Crippen LogP contribution in [0.15, 0.2) is 53.1 Å². The molecule has 23 heavy (non-hydrogen) atoms. The van der Waals surface area contributed by atoms with Crippen molar-refractivity contribution in [2.24, 2.45) is 0 Å². The zero-order valence-corrected chi connectivity index (χ0v) is 12.3. The van der Waals surface area contributed by atoms with E-state index in [0.717, 1.165) is 11.1 Å². The van der Waals surface area contributed by atoms with Crippen molar-refractivity contribution >= 4 is 0 Å². The molecule has 0 bridgehead atoms. The minimum absolute atomic E-state index is 0.512. The molecule has 0 saturated carbocycles. The number of ether oxygens (including phenoxy) is 1. The molecule has 0 radical (unpaired) electrons. The second-order valence-electron chi connectivity index (χ2n) is 4.79. The van der Waals surface area contributed by atoms with Crippen molar-refractivity contribution in [2.45, 2.75) is 0 Å². The molecule has 0 fully saturated rings. The minimum Gasteiger partial charge on any atom is -0.496 e. The minimum atomic E-state index is 0.512. The first-order chi connectivity index (χ1) is 11.2. The summed E-state index contributed by atoms with van der Waals surface area (Å²) in [5.74, 6) is 1.09. The highest BCUT2D eigenvalue weighted by atomic mass is 16.5. The van der Waals surface area contributed by atoms with E-state index in [2.05, 4.69) is 17.3 Å². The molecule has 3 aromatic rings. The third kappa shape index (κ3) is 2.76. The summed E-state index contributed by atoms with van der Waals surface area (Å²) < 4.78 is 10.7. The molecule has 2 aromatic carbocycles. The van der Waals surface area contributed by atoms with Crippen molar-refractivity contribution in [3.8, 4) is 40.5 Å². The predicted molar refractivity (Wildman–Crippen MR) is 83.4 cm³/mol. The van der Waals surface area contributed by atoms with Crippen LogP contribution in [0, 0.1) is 22.7 Å². The lowest BCUT2D eigenvalue weighted by atomic mass is 10.1. The number of methoxy groups -OCH3 is 1. The lowest BCUT2D eigenvalue weighted by molar-refractivity contribution is 0.406. The molecular weight excluding hydrogens is 290 g/mol. The highest BCUT2D eigenvalue weighted by molar-refractivity contribution is 5.71. The third-order valence-corrected chi connectivity index (χ3v) is 3.42.